The Morgan fingerprint density at radius 1 is 0.326 bits per heavy atom. The van der Waals surface area contributed by atoms with E-state index in [2.05, 4.69) is 88.7 Å². The number of nitrogens with one attached hydrogen (secondary N) is 3. The summed E-state index contributed by atoms with van der Waals surface area (Å²) in [6.07, 6.45) is 0. The molecule has 3 aliphatic rings. The third-order valence-electron chi connectivity index (χ3n) is 7.85. The average Bonchev–Trinajstić information content (AvgIpc) is 3.08. The normalized spacial score (nSPS) is 15.3. The highest BCUT2D eigenvalue weighted by Crippen LogP contribution is 2.24. The molecule has 46 heavy (non-hydrogen) atoms. The first-order valence-corrected chi connectivity index (χ1v) is 14.8. The summed E-state index contributed by atoms with van der Waals surface area (Å²) in [5.74, 6) is 2.09. The van der Waals surface area contributed by atoms with Crippen LogP contribution in [0.25, 0.3) is 32.3 Å². The SMILES string of the molecule is c1ccc2cc(NC3=NC4=NC(Nc5ccc6ccccc6c5)=NC5=NC(Nc6ccc7ccccc7c6)=NC(=N3)N45)ccc2c1. The van der Waals surface area contributed by atoms with E-state index >= 15 is 0 Å². The zero-order chi connectivity index (χ0) is 30.5. The van der Waals surface area contributed by atoms with Crippen molar-refractivity contribution in [2.24, 2.45) is 30.0 Å². The minimum Gasteiger partial charge on any atom is -0.324 e. The largest absolute Gasteiger partial charge is 0.324 e. The first kappa shape index (κ1) is 25.8. The lowest BCUT2D eigenvalue weighted by molar-refractivity contribution is 0.826. The van der Waals surface area contributed by atoms with Gasteiger partial charge in [-0.25, -0.2) is 4.90 Å². The van der Waals surface area contributed by atoms with Crippen molar-refractivity contribution < 1.29 is 0 Å². The molecule has 0 saturated heterocycles. The molecule has 0 aromatic heterocycles. The van der Waals surface area contributed by atoms with E-state index in [1.807, 2.05) is 54.6 Å². The molecule has 0 saturated carbocycles. The highest BCUT2D eigenvalue weighted by atomic mass is 15.5. The number of nitrogens with zero attached hydrogens (tertiary/aromatic N) is 7. The van der Waals surface area contributed by atoms with Gasteiger partial charge < -0.3 is 16.0 Å². The number of rotatable bonds is 3. The van der Waals surface area contributed by atoms with E-state index < -0.39 is 0 Å². The average molecular weight is 597 g/mol. The van der Waals surface area contributed by atoms with Crippen LogP contribution in [-0.4, -0.2) is 40.7 Å². The van der Waals surface area contributed by atoms with Crippen LogP contribution in [0.4, 0.5) is 17.1 Å². The van der Waals surface area contributed by atoms with Gasteiger partial charge in [0.1, 0.15) is 0 Å². The number of hydrogen-bond acceptors (Lipinski definition) is 10. The predicted molar refractivity (Wildman–Crippen MR) is 189 cm³/mol. The Morgan fingerprint density at radius 3 is 0.957 bits per heavy atom. The molecule has 0 spiro atoms. The van der Waals surface area contributed by atoms with E-state index in [1.165, 1.54) is 0 Å². The second-order valence-corrected chi connectivity index (χ2v) is 10.9. The van der Waals surface area contributed by atoms with Crippen molar-refractivity contribution in [3.8, 4) is 0 Å². The molecule has 10 heteroatoms. The molecule has 0 fully saturated rings. The molecule has 3 aliphatic heterocycles. The third-order valence-corrected chi connectivity index (χ3v) is 7.85. The maximum atomic E-state index is 4.75. The molecule has 0 radical (unpaired) electrons. The van der Waals surface area contributed by atoms with E-state index in [0.29, 0.717) is 35.8 Å². The summed E-state index contributed by atoms with van der Waals surface area (Å²) >= 11 is 0. The van der Waals surface area contributed by atoms with E-state index in [9.17, 15) is 0 Å². The van der Waals surface area contributed by atoms with E-state index in [0.717, 1.165) is 49.4 Å². The molecule has 0 amide bonds. The van der Waals surface area contributed by atoms with Crippen LogP contribution in [0.5, 0.6) is 0 Å². The summed E-state index contributed by atoms with van der Waals surface area (Å²) in [5.41, 5.74) is 2.54. The fraction of sp³-hybridized carbons (Fsp3) is 0. The van der Waals surface area contributed by atoms with Gasteiger partial charge in [-0.3, -0.25) is 0 Å². The number of benzene rings is 6. The monoisotopic (exact) mass is 596 g/mol. The number of anilines is 3. The summed E-state index contributed by atoms with van der Waals surface area (Å²) in [4.78, 5) is 30.1. The Morgan fingerprint density at radius 2 is 0.630 bits per heavy atom. The lowest BCUT2D eigenvalue weighted by Crippen LogP contribution is -2.49. The fourth-order valence-corrected chi connectivity index (χ4v) is 5.64. The Hall–Kier alpha value is -6.68. The molecule has 218 valence electrons. The Labute approximate surface area is 263 Å². The number of hydrogen-bond donors (Lipinski definition) is 3. The predicted octanol–water partition coefficient (Wildman–Crippen LogP) is 7.26. The summed E-state index contributed by atoms with van der Waals surface area (Å²) in [6, 6.07) is 42.9. The van der Waals surface area contributed by atoms with E-state index in [1.54, 1.807) is 4.90 Å². The molecule has 3 heterocycles. The molecule has 0 unspecified atom stereocenters. The van der Waals surface area contributed by atoms with Gasteiger partial charge in [-0.05, 0) is 68.7 Å². The van der Waals surface area contributed by atoms with Gasteiger partial charge in [-0.2, -0.15) is 30.0 Å². The van der Waals surface area contributed by atoms with Crippen molar-refractivity contribution in [3.05, 3.63) is 127 Å². The molecule has 0 bridgehead atoms. The summed E-state index contributed by atoms with van der Waals surface area (Å²) < 4.78 is 0. The fourth-order valence-electron chi connectivity index (χ4n) is 5.64. The van der Waals surface area contributed by atoms with E-state index in [-0.39, 0.29) is 0 Å². The Kier molecular flexibility index (Phi) is 5.88. The standard InChI is InChI=1S/C36H24N10/c1-4-10-25-19-28(16-13-22(25)7-1)37-31-40-34-42-32(38-29-17-14-23-8-2-5-11-26(23)20-29)44-36-45-33(43-35(41-31)46(34)36)39-30-18-15-24-9-3-6-12-27(24)21-30/h1-21H,(H3,37,38,39,40,41,42,43,44,45). The molecule has 6 aromatic carbocycles. The topological polar surface area (TPSA) is 113 Å². The van der Waals surface area contributed by atoms with Crippen molar-refractivity contribution in [2.75, 3.05) is 16.0 Å². The highest BCUT2D eigenvalue weighted by molar-refractivity contribution is 6.32. The zero-order valence-electron chi connectivity index (χ0n) is 24.3. The lowest BCUT2D eigenvalue weighted by atomic mass is 10.1. The lowest BCUT2D eigenvalue weighted by Gasteiger charge is -2.30. The second-order valence-electron chi connectivity index (χ2n) is 10.9. The summed E-state index contributed by atoms with van der Waals surface area (Å²) in [7, 11) is 0. The van der Waals surface area contributed by atoms with Gasteiger partial charge in [0, 0.05) is 17.1 Å². The van der Waals surface area contributed by atoms with Crippen LogP contribution in [0.2, 0.25) is 0 Å². The quantitative estimate of drug-likeness (QED) is 0.200. The number of aliphatic imine (C=N–C) groups is 6. The molecule has 0 atom stereocenters. The van der Waals surface area contributed by atoms with Crippen molar-refractivity contribution in [2.45, 2.75) is 0 Å². The van der Waals surface area contributed by atoms with Crippen LogP contribution >= 0.6 is 0 Å². The van der Waals surface area contributed by atoms with Gasteiger partial charge in [0.15, 0.2) is 0 Å². The van der Waals surface area contributed by atoms with Gasteiger partial charge in [0.25, 0.3) is 0 Å². The van der Waals surface area contributed by atoms with Crippen molar-refractivity contribution in [1.29, 1.82) is 0 Å². The molecule has 9 rings (SSSR count). The Bertz CT molecular complexity index is 2150. The van der Waals surface area contributed by atoms with Crippen molar-refractivity contribution in [1.82, 2.24) is 4.90 Å². The van der Waals surface area contributed by atoms with Gasteiger partial charge in [0.05, 0.1) is 0 Å². The molecule has 0 aliphatic carbocycles. The molecule has 6 aromatic rings. The maximum absolute atomic E-state index is 4.75. The van der Waals surface area contributed by atoms with Gasteiger partial charge in [0.2, 0.25) is 35.8 Å². The van der Waals surface area contributed by atoms with Crippen LogP contribution in [0.1, 0.15) is 0 Å². The highest BCUT2D eigenvalue weighted by Gasteiger charge is 2.35. The van der Waals surface area contributed by atoms with Gasteiger partial charge in [-0.15, -0.1) is 0 Å². The molecule has 3 N–H and O–H groups in total. The summed E-state index contributed by atoms with van der Waals surface area (Å²) in [6.45, 7) is 0. The first-order valence-electron chi connectivity index (χ1n) is 14.8. The van der Waals surface area contributed by atoms with Crippen molar-refractivity contribution in [3.63, 3.8) is 0 Å². The molecular formula is C36H24N10. The van der Waals surface area contributed by atoms with Crippen LogP contribution in [-0.2, 0) is 0 Å². The van der Waals surface area contributed by atoms with Gasteiger partial charge >= 0.3 is 0 Å². The second kappa shape index (κ2) is 10.5. The zero-order valence-corrected chi connectivity index (χ0v) is 24.3. The smallest absolute Gasteiger partial charge is 0.246 e. The minimum absolute atomic E-state index is 0.346. The summed E-state index contributed by atoms with van der Waals surface area (Å²) in [5, 5.41) is 16.8. The van der Waals surface area contributed by atoms with Crippen molar-refractivity contribution >= 4 is 85.1 Å². The van der Waals surface area contributed by atoms with Gasteiger partial charge in [-0.1, -0.05) is 91.0 Å². The minimum atomic E-state index is 0.346. The van der Waals surface area contributed by atoms with Crippen LogP contribution in [0.3, 0.4) is 0 Å². The molecular weight excluding hydrogens is 572 g/mol. The van der Waals surface area contributed by atoms with E-state index in [4.69, 9.17) is 30.0 Å². The number of guanidine groups is 6. The Balaban J connectivity index is 1.10. The van der Waals surface area contributed by atoms with Crippen LogP contribution in [0, 0.1) is 0 Å². The number of fused-ring (bicyclic) bond motifs is 3. The third kappa shape index (κ3) is 4.80. The first-order chi connectivity index (χ1) is 22.7. The van der Waals surface area contributed by atoms with Crippen LogP contribution in [0.15, 0.2) is 157 Å². The van der Waals surface area contributed by atoms with Crippen LogP contribution < -0.4 is 16.0 Å². The maximum Gasteiger partial charge on any atom is 0.246 e. The molecule has 10 nitrogen and oxygen atoms in total.